The molecule has 100 valence electrons. The minimum absolute atomic E-state index is 0.405. The summed E-state index contributed by atoms with van der Waals surface area (Å²) in [4.78, 5) is 11.2. The number of aromatic nitrogens is 2. The number of nitrogens with zero attached hydrogens (tertiary/aromatic N) is 3. The zero-order valence-electron chi connectivity index (χ0n) is 11.5. The SMILES string of the molecule is CNc1nc(C)cc(NC(C)CN2CCCC2)n1. The van der Waals surface area contributed by atoms with Crippen LogP contribution in [0.5, 0.6) is 0 Å². The lowest BCUT2D eigenvalue weighted by Gasteiger charge is -2.21. The highest BCUT2D eigenvalue weighted by molar-refractivity contribution is 5.42. The van der Waals surface area contributed by atoms with E-state index in [1.54, 1.807) is 0 Å². The van der Waals surface area contributed by atoms with E-state index in [9.17, 15) is 0 Å². The average Bonchev–Trinajstić information content (AvgIpc) is 2.80. The van der Waals surface area contributed by atoms with Gasteiger partial charge in [0.05, 0.1) is 0 Å². The molecule has 1 aliphatic rings. The van der Waals surface area contributed by atoms with Crippen molar-refractivity contribution in [1.82, 2.24) is 14.9 Å². The molecule has 0 spiro atoms. The third-order valence-electron chi connectivity index (χ3n) is 3.20. The van der Waals surface area contributed by atoms with Crippen molar-refractivity contribution in [3.05, 3.63) is 11.8 Å². The first kappa shape index (κ1) is 13.1. The molecule has 0 saturated carbocycles. The summed E-state index contributed by atoms with van der Waals surface area (Å²) in [7, 11) is 1.84. The molecule has 0 aliphatic carbocycles. The van der Waals surface area contributed by atoms with E-state index in [-0.39, 0.29) is 0 Å². The van der Waals surface area contributed by atoms with Gasteiger partial charge in [0.15, 0.2) is 0 Å². The summed E-state index contributed by atoms with van der Waals surface area (Å²) in [5, 5.41) is 6.43. The maximum Gasteiger partial charge on any atom is 0.224 e. The maximum atomic E-state index is 4.41. The fourth-order valence-electron chi connectivity index (χ4n) is 2.40. The van der Waals surface area contributed by atoms with Crippen LogP contribution in [0.25, 0.3) is 0 Å². The Morgan fingerprint density at radius 2 is 2.06 bits per heavy atom. The van der Waals surface area contributed by atoms with E-state index in [1.807, 2.05) is 20.0 Å². The Kier molecular flexibility index (Phi) is 4.36. The second kappa shape index (κ2) is 6.00. The second-order valence-electron chi connectivity index (χ2n) is 5.02. The second-order valence-corrected chi connectivity index (χ2v) is 5.02. The Morgan fingerprint density at radius 3 is 2.72 bits per heavy atom. The van der Waals surface area contributed by atoms with Gasteiger partial charge in [-0.15, -0.1) is 0 Å². The molecule has 2 heterocycles. The van der Waals surface area contributed by atoms with Gasteiger partial charge < -0.3 is 15.5 Å². The van der Waals surface area contributed by atoms with Crippen molar-refractivity contribution in [2.45, 2.75) is 32.7 Å². The molecule has 1 saturated heterocycles. The van der Waals surface area contributed by atoms with Crippen LogP contribution in [-0.2, 0) is 0 Å². The normalized spacial score (nSPS) is 17.7. The van der Waals surface area contributed by atoms with Gasteiger partial charge in [0.2, 0.25) is 5.95 Å². The summed E-state index contributed by atoms with van der Waals surface area (Å²) in [5.41, 5.74) is 0.977. The van der Waals surface area contributed by atoms with E-state index in [0.717, 1.165) is 18.1 Å². The predicted octanol–water partition coefficient (Wildman–Crippen LogP) is 1.72. The Bertz CT molecular complexity index is 387. The van der Waals surface area contributed by atoms with Gasteiger partial charge >= 0.3 is 0 Å². The Labute approximate surface area is 109 Å². The fourth-order valence-corrected chi connectivity index (χ4v) is 2.40. The molecule has 1 unspecified atom stereocenters. The van der Waals surface area contributed by atoms with E-state index >= 15 is 0 Å². The molecule has 0 radical (unpaired) electrons. The molecule has 1 aliphatic heterocycles. The number of rotatable bonds is 5. The molecule has 1 fully saturated rings. The monoisotopic (exact) mass is 249 g/mol. The summed E-state index contributed by atoms with van der Waals surface area (Å²) in [5.74, 6) is 1.57. The highest BCUT2D eigenvalue weighted by Crippen LogP contribution is 2.12. The molecular formula is C13H23N5. The van der Waals surface area contributed by atoms with Gasteiger partial charge in [-0.1, -0.05) is 0 Å². The van der Waals surface area contributed by atoms with Crippen LogP contribution < -0.4 is 10.6 Å². The van der Waals surface area contributed by atoms with Gasteiger partial charge in [-0.05, 0) is 39.8 Å². The summed E-state index contributed by atoms with van der Waals surface area (Å²) < 4.78 is 0. The molecule has 0 amide bonds. The van der Waals surface area contributed by atoms with Gasteiger partial charge in [-0.3, -0.25) is 0 Å². The van der Waals surface area contributed by atoms with Gasteiger partial charge in [0, 0.05) is 31.4 Å². The number of hydrogen-bond acceptors (Lipinski definition) is 5. The molecule has 18 heavy (non-hydrogen) atoms. The van der Waals surface area contributed by atoms with E-state index < -0.39 is 0 Å². The van der Waals surface area contributed by atoms with Crippen LogP contribution in [-0.4, -0.2) is 47.6 Å². The Morgan fingerprint density at radius 1 is 1.33 bits per heavy atom. The lowest BCUT2D eigenvalue weighted by atomic mass is 10.3. The van der Waals surface area contributed by atoms with Crippen LogP contribution >= 0.6 is 0 Å². The van der Waals surface area contributed by atoms with Crippen molar-refractivity contribution < 1.29 is 0 Å². The lowest BCUT2D eigenvalue weighted by Crippen LogP contribution is -2.33. The molecule has 1 aromatic rings. The van der Waals surface area contributed by atoms with Gasteiger partial charge in [0.1, 0.15) is 5.82 Å². The van der Waals surface area contributed by atoms with Crippen LogP contribution in [0, 0.1) is 6.92 Å². The summed E-state index contributed by atoms with van der Waals surface area (Å²) >= 11 is 0. The van der Waals surface area contributed by atoms with Crippen molar-refractivity contribution in [3.8, 4) is 0 Å². The predicted molar refractivity (Wildman–Crippen MR) is 75.1 cm³/mol. The minimum atomic E-state index is 0.405. The molecular weight excluding hydrogens is 226 g/mol. The first-order valence-electron chi connectivity index (χ1n) is 6.69. The van der Waals surface area contributed by atoms with E-state index in [1.165, 1.54) is 25.9 Å². The van der Waals surface area contributed by atoms with E-state index in [4.69, 9.17) is 0 Å². The van der Waals surface area contributed by atoms with Gasteiger partial charge in [0.25, 0.3) is 0 Å². The molecule has 5 nitrogen and oxygen atoms in total. The zero-order valence-corrected chi connectivity index (χ0v) is 11.5. The largest absolute Gasteiger partial charge is 0.366 e. The maximum absolute atomic E-state index is 4.41. The van der Waals surface area contributed by atoms with Crippen LogP contribution in [0.15, 0.2) is 6.07 Å². The number of nitrogens with one attached hydrogen (secondary N) is 2. The first-order chi connectivity index (χ1) is 8.67. The highest BCUT2D eigenvalue weighted by Gasteiger charge is 2.14. The van der Waals surface area contributed by atoms with E-state index in [0.29, 0.717) is 12.0 Å². The van der Waals surface area contributed by atoms with Crippen molar-refractivity contribution >= 4 is 11.8 Å². The standard InChI is InChI=1S/C13H23N5/c1-10-8-12(17-13(14-3)16-10)15-11(2)9-18-6-4-5-7-18/h8,11H,4-7,9H2,1-3H3,(H2,14,15,16,17). The minimum Gasteiger partial charge on any atom is -0.366 e. The van der Waals surface area contributed by atoms with Gasteiger partial charge in [-0.25, -0.2) is 4.98 Å². The number of anilines is 2. The van der Waals surface area contributed by atoms with Gasteiger partial charge in [-0.2, -0.15) is 4.98 Å². The van der Waals surface area contributed by atoms with Crippen LogP contribution in [0.2, 0.25) is 0 Å². The van der Waals surface area contributed by atoms with Crippen LogP contribution in [0.4, 0.5) is 11.8 Å². The topological polar surface area (TPSA) is 53.1 Å². The van der Waals surface area contributed by atoms with Crippen molar-refractivity contribution in [1.29, 1.82) is 0 Å². The molecule has 5 heteroatoms. The number of aryl methyl sites for hydroxylation is 1. The number of hydrogen-bond donors (Lipinski definition) is 2. The number of likely N-dealkylation sites (tertiary alicyclic amines) is 1. The summed E-state index contributed by atoms with van der Waals surface area (Å²) in [6, 6.07) is 2.39. The Hall–Kier alpha value is -1.36. The average molecular weight is 249 g/mol. The molecule has 2 rings (SSSR count). The fraction of sp³-hybridized carbons (Fsp3) is 0.692. The molecule has 2 N–H and O–H groups in total. The smallest absolute Gasteiger partial charge is 0.224 e. The molecule has 0 bridgehead atoms. The first-order valence-corrected chi connectivity index (χ1v) is 6.69. The van der Waals surface area contributed by atoms with Crippen molar-refractivity contribution in [3.63, 3.8) is 0 Å². The lowest BCUT2D eigenvalue weighted by molar-refractivity contribution is 0.327. The molecule has 1 aromatic heterocycles. The third-order valence-corrected chi connectivity index (χ3v) is 3.20. The van der Waals surface area contributed by atoms with Crippen LogP contribution in [0.1, 0.15) is 25.5 Å². The Balaban J connectivity index is 1.93. The summed E-state index contributed by atoms with van der Waals surface area (Å²) in [6.07, 6.45) is 2.67. The van der Waals surface area contributed by atoms with Crippen molar-refractivity contribution in [2.24, 2.45) is 0 Å². The van der Waals surface area contributed by atoms with Crippen LogP contribution in [0.3, 0.4) is 0 Å². The molecule has 1 atom stereocenters. The summed E-state index contributed by atoms with van der Waals surface area (Å²) in [6.45, 7) is 7.73. The highest BCUT2D eigenvalue weighted by atomic mass is 15.2. The quantitative estimate of drug-likeness (QED) is 0.832. The van der Waals surface area contributed by atoms with Crippen molar-refractivity contribution in [2.75, 3.05) is 37.3 Å². The zero-order chi connectivity index (χ0) is 13.0. The molecule has 0 aromatic carbocycles. The third kappa shape index (κ3) is 3.57. The van der Waals surface area contributed by atoms with E-state index in [2.05, 4.69) is 32.4 Å².